The summed E-state index contributed by atoms with van der Waals surface area (Å²) in [6.07, 6.45) is 1.86. The first-order valence-corrected chi connectivity index (χ1v) is 9.89. The molecular formula is C23H25N3O3. The molecule has 6 heteroatoms. The van der Waals surface area contributed by atoms with E-state index in [1.165, 1.54) is 0 Å². The molecular weight excluding hydrogens is 366 g/mol. The van der Waals surface area contributed by atoms with Gasteiger partial charge in [0.25, 0.3) is 11.8 Å². The molecule has 2 heterocycles. The van der Waals surface area contributed by atoms with Crippen molar-refractivity contribution in [3.63, 3.8) is 0 Å². The zero-order valence-electron chi connectivity index (χ0n) is 17.0. The zero-order chi connectivity index (χ0) is 20.4. The number of aromatic nitrogens is 2. The van der Waals surface area contributed by atoms with E-state index < -0.39 is 0 Å². The lowest BCUT2D eigenvalue weighted by molar-refractivity contribution is 0.0702. The third-order valence-electron chi connectivity index (χ3n) is 5.46. The molecule has 0 aliphatic carbocycles. The molecule has 0 N–H and O–H groups in total. The molecule has 2 aromatic carbocycles. The number of rotatable bonds is 4. The zero-order valence-corrected chi connectivity index (χ0v) is 17.0. The van der Waals surface area contributed by atoms with Crippen LogP contribution in [-0.4, -0.2) is 41.1 Å². The summed E-state index contributed by atoms with van der Waals surface area (Å²) < 4.78 is 10.8. The van der Waals surface area contributed by atoms with Crippen molar-refractivity contribution in [2.24, 2.45) is 0 Å². The van der Waals surface area contributed by atoms with Crippen LogP contribution in [0.3, 0.4) is 0 Å². The van der Waals surface area contributed by atoms with Crippen molar-refractivity contribution in [3.05, 3.63) is 65.0 Å². The van der Waals surface area contributed by atoms with Crippen LogP contribution in [-0.2, 0) is 0 Å². The van der Waals surface area contributed by atoms with Crippen molar-refractivity contribution in [2.45, 2.75) is 32.6 Å². The van der Waals surface area contributed by atoms with Gasteiger partial charge in [-0.15, -0.1) is 0 Å². The van der Waals surface area contributed by atoms with E-state index in [1.807, 2.05) is 61.2 Å². The van der Waals surface area contributed by atoms with Crippen LogP contribution in [0.15, 0.2) is 47.0 Å². The lowest BCUT2D eigenvalue weighted by atomic mass is 9.96. The Balaban J connectivity index is 1.52. The largest absolute Gasteiger partial charge is 0.497 e. The van der Waals surface area contributed by atoms with Gasteiger partial charge in [0.2, 0.25) is 0 Å². The second-order valence-electron chi connectivity index (χ2n) is 7.60. The summed E-state index contributed by atoms with van der Waals surface area (Å²) in [6.45, 7) is 5.34. The van der Waals surface area contributed by atoms with Crippen LogP contribution < -0.4 is 4.74 Å². The summed E-state index contributed by atoms with van der Waals surface area (Å²) in [4.78, 5) is 19.6. The van der Waals surface area contributed by atoms with Crippen LogP contribution in [0.4, 0.5) is 0 Å². The van der Waals surface area contributed by atoms with Crippen LogP contribution in [0.5, 0.6) is 5.75 Å². The normalized spacial score (nSPS) is 16.7. The Hall–Kier alpha value is -3.15. The topological polar surface area (TPSA) is 68.5 Å². The van der Waals surface area contributed by atoms with Crippen molar-refractivity contribution >= 4 is 5.91 Å². The monoisotopic (exact) mass is 391 g/mol. The number of aryl methyl sites for hydroxylation is 2. The maximum Gasteiger partial charge on any atom is 0.258 e. The minimum Gasteiger partial charge on any atom is -0.497 e. The molecule has 1 aromatic heterocycles. The maximum atomic E-state index is 13.1. The second-order valence-corrected chi connectivity index (χ2v) is 7.60. The average molecular weight is 391 g/mol. The third kappa shape index (κ3) is 4.01. The van der Waals surface area contributed by atoms with E-state index in [-0.39, 0.29) is 11.8 Å². The number of ether oxygens (including phenoxy) is 1. The van der Waals surface area contributed by atoms with Crippen LogP contribution in [0, 0.1) is 13.8 Å². The third-order valence-corrected chi connectivity index (χ3v) is 5.46. The first-order valence-electron chi connectivity index (χ1n) is 9.89. The van der Waals surface area contributed by atoms with Crippen LogP contribution in [0.25, 0.3) is 11.5 Å². The van der Waals surface area contributed by atoms with E-state index in [0.717, 1.165) is 47.4 Å². The van der Waals surface area contributed by atoms with E-state index in [1.54, 1.807) is 7.11 Å². The maximum absolute atomic E-state index is 13.1. The Morgan fingerprint density at radius 2 is 2.07 bits per heavy atom. The van der Waals surface area contributed by atoms with E-state index >= 15 is 0 Å². The molecule has 0 unspecified atom stereocenters. The van der Waals surface area contributed by atoms with Gasteiger partial charge in [-0.05, 0) is 56.5 Å². The second kappa shape index (κ2) is 8.07. The van der Waals surface area contributed by atoms with Crippen molar-refractivity contribution in [2.75, 3.05) is 20.2 Å². The number of likely N-dealkylation sites (tertiary alicyclic amines) is 1. The molecule has 29 heavy (non-hydrogen) atoms. The standard InChI is InChI=1S/C23H25N3O3/c1-15-9-10-16(2)20(12-15)23(27)26-11-5-7-18(14-26)21-24-22(29-25-21)17-6-4-8-19(13-17)28-3/h4,6,8-10,12-13,18H,5,7,11,14H2,1-3H3/t18-/m1/s1. The number of carbonyl (C=O) groups is 1. The van der Waals surface area contributed by atoms with Gasteiger partial charge in [-0.2, -0.15) is 4.98 Å². The Morgan fingerprint density at radius 1 is 1.21 bits per heavy atom. The molecule has 6 nitrogen and oxygen atoms in total. The first kappa shape index (κ1) is 19.2. The van der Waals surface area contributed by atoms with Gasteiger partial charge in [0.05, 0.1) is 7.11 Å². The quantitative estimate of drug-likeness (QED) is 0.660. The predicted octanol–water partition coefficient (Wildman–Crippen LogP) is 4.38. The molecule has 1 atom stereocenters. The van der Waals surface area contributed by atoms with E-state index in [4.69, 9.17) is 9.26 Å². The average Bonchev–Trinajstić information content (AvgIpc) is 3.25. The minimum absolute atomic E-state index is 0.0703. The molecule has 0 bridgehead atoms. The van der Waals surface area contributed by atoms with Crippen LogP contribution in [0.2, 0.25) is 0 Å². The number of piperidine rings is 1. The fourth-order valence-electron chi connectivity index (χ4n) is 3.78. The van der Waals surface area contributed by atoms with Crippen molar-refractivity contribution in [1.82, 2.24) is 15.0 Å². The Bertz CT molecular complexity index is 1030. The molecule has 0 saturated carbocycles. The molecule has 1 amide bonds. The molecule has 3 aromatic rings. The molecule has 0 radical (unpaired) electrons. The predicted molar refractivity (Wildman–Crippen MR) is 110 cm³/mol. The number of carbonyl (C=O) groups excluding carboxylic acids is 1. The first-order chi connectivity index (χ1) is 14.0. The van der Waals surface area contributed by atoms with Gasteiger partial charge >= 0.3 is 0 Å². The molecule has 1 fully saturated rings. The minimum atomic E-state index is 0.0703. The summed E-state index contributed by atoms with van der Waals surface area (Å²) in [6, 6.07) is 13.6. The lowest BCUT2D eigenvalue weighted by Gasteiger charge is -2.31. The number of nitrogens with zero attached hydrogens (tertiary/aromatic N) is 3. The SMILES string of the molecule is COc1cccc(-c2nc([C@@H]3CCCN(C(=O)c4cc(C)ccc4C)C3)no2)c1. The van der Waals surface area contributed by atoms with Crippen LogP contribution >= 0.6 is 0 Å². The molecule has 0 spiro atoms. The number of hydrogen-bond acceptors (Lipinski definition) is 5. The Kier molecular flexibility index (Phi) is 5.34. The highest BCUT2D eigenvalue weighted by Crippen LogP contribution is 2.29. The molecule has 1 aliphatic heterocycles. The summed E-state index contributed by atoms with van der Waals surface area (Å²) >= 11 is 0. The van der Waals surface area contributed by atoms with Gasteiger partial charge < -0.3 is 14.2 Å². The molecule has 1 saturated heterocycles. The van der Waals surface area contributed by atoms with Gasteiger partial charge in [-0.3, -0.25) is 4.79 Å². The van der Waals surface area contributed by atoms with E-state index in [0.29, 0.717) is 18.3 Å². The Labute approximate surface area is 170 Å². The van der Waals surface area contributed by atoms with Crippen molar-refractivity contribution in [1.29, 1.82) is 0 Å². The van der Waals surface area contributed by atoms with Gasteiger partial charge in [-0.1, -0.05) is 28.9 Å². The fraction of sp³-hybridized carbons (Fsp3) is 0.348. The summed E-state index contributed by atoms with van der Waals surface area (Å²) in [5, 5.41) is 4.21. The fourth-order valence-corrected chi connectivity index (χ4v) is 3.78. The van der Waals surface area contributed by atoms with E-state index in [9.17, 15) is 4.79 Å². The smallest absolute Gasteiger partial charge is 0.258 e. The van der Waals surface area contributed by atoms with Gasteiger partial charge in [0, 0.05) is 30.1 Å². The van der Waals surface area contributed by atoms with Crippen molar-refractivity contribution < 1.29 is 14.1 Å². The highest BCUT2D eigenvalue weighted by atomic mass is 16.5. The number of benzene rings is 2. The molecule has 1 aliphatic rings. The summed E-state index contributed by atoms with van der Waals surface area (Å²) in [5.41, 5.74) is 3.69. The summed E-state index contributed by atoms with van der Waals surface area (Å²) in [7, 11) is 1.63. The molecule has 150 valence electrons. The highest BCUT2D eigenvalue weighted by Gasteiger charge is 2.29. The number of amides is 1. The Morgan fingerprint density at radius 3 is 2.90 bits per heavy atom. The van der Waals surface area contributed by atoms with Gasteiger partial charge in [0.1, 0.15) is 5.75 Å². The van der Waals surface area contributed by atoms with Crippen molar-refractivity contribution in [3.8, 4) is 17.2 Å². The molecule has 4 rings (SSSR count). The number of methoxy groups -OCH3 is 1. The number of hydrogen-bond donors (Lipinski definition) is 0. The summed E-state index contributed by atoms with van der Waals surface area (Å²) in [5.74, 6) is 2.01. The van der Waals surface area contributed by atoms with Gasteiger partial charge in [0.15, 0.2) is 5.82 Å². The van der Waals surface area contributed by atoms with Gasteiger partial charge in [-0.25, -0.2) is 0 Å². The lowest BCUT2D eigenvalue weighted by Crippen LogP contribution is -2.39. The van der Waals surface area contributed by atoms with Crippen LogP contribution in [0.1, 0.15) is 46.1 Å². The van der Waals surface area contributed by atoms with E-state index in [2.05, 4.69) is 10.1 Å². The highest BCUT2D eigenvalue weighted by molar-refractivity contribution is 5.96.